The largest absolute Gasteiger partial charge is 0.480 e. The summed E-state index contributed by atoms with van der Waals surface area (Å²) in [5.74, 6) is 0.396. The lowest BCUT2D eigenvalue weighted by Crippen LogP contribution is -2.08. The zero-order valence-corrected chi connectivity index (χ0v) is 9.16. The summed E-state index contributed by atoms with van der Waals surface area (Å²) in [5.41, 5.74) is 0.904. The summed E-state index contributed by atoms with van der Waals surface area (Å²) in [7, 11) is 0. The lowest BCUT2D eigenvalue weighted by atomic mass is 10.1. The Bertz CT molecular complexity index is 396. The molecular formula is C11H11ClN2O. The topological polar surface area (TPSA) is 45.4 Å². The average molecular weight is 223 g/mol. The van der Waals surface area contributed by atoms with Crippen molar-refractivity contribution >= 4 is 17.5 Å². The molecule has 0 saturated carbocycles. The Balaban J connectivity index is 2.80. The Kier molecular flexibility index (Phi) is 4.65. The van der Waals surface area contributed by atoms with Crippen molar-refractivity contribution in [3.63, 3.8) is 0 Å². The second kappa shape index (κ2) is 6.05. The van der Waals surface area contributed by atoms with Crippen LogP contribution in [0.1, 0.15) is 12.5 Å². The van der Waals surface area contributed by atoms with Gasteiger partial charge in [-0.3, -0.25) is 0 Å². The minimum atomic E-state index is 0.396. The zero-order valence-electron chi connectivity index (χ0n) is 8.40. The van der Waals surface area contributed by atoms with E-state index >= 15 is 0 Å². The highest BCUT2D eigenvalue weighted by molar-refractivity contribution is 6.31. The number of aliphatic imine (C=N–C) groups is 1. The van der Waals surface area contributed by atoms with Crippen molar-refractivity contribution in [2.45, 2.75) is 13.3 Å². The molecule has 0 aliphatic carbocycles. The first-order valence-corrected chi connectivity index (χ1v) is 4.97. The van der Waals surface area contributed by atoms with Crippen LogP contribution in [0.3, 0.4) is 0 Å². The molecule has 0 radical (unpaired) electrons. The summed E-state index contributed by atoms with van der Waals surface area (Å²) in [4.78, 5) is 3.59. The third-order valence-corrected chi connectivity index (χ3v) is 2.15. The lowest BCUT2D eigenvalue weighted by Gasteiger charge is -2.06. The van der Waals surface area contributed by atoms with E-state index in [-0.39, 0.29) is 0 Å². The number of halogens is 1. The van der Waals surface area contributed by atoms with Crippen LogP contribution in [0.2, 0.25) is 5.02 Å². The summed E-state index contributed by atoms with van der Waals surface area (Å²) in [6.45, 7) is 2.34. The number of rotatable bonds is 3. The second-order valence-corrected chi connectivity index (χ2v) is 3.21. The van der Waals surface area contributed by atoms with Crippen molar-refractivity contribution in [1.29, 1.82) is 5.26 Å². The van der Waals surface area contributed by atoms with Crippen molar-refractivity contribution in [2.24, 2.45) is 4.99 Å². The van der Waals surface area contributed by atoms with Crippen molar-refractivity contribution in [1.82, 2.24) is 0 Å². The van der Waals surface area contributed by atoms with E-state index in [4.69, 9.17) is 21.6 Å². The average Bonchev–Trinajstić information content (AvgIpc) is 2.22. The van der Waals surface area contributed by atoms with E-state index < -0.39 is 0 Å². The van der Waals surface area contributed by atoms with Crippen LogP contribution < -0.4 is 0 Å². The van der Waals surface area contributed by atoms with Gasteiger partial charge in [0, 0.05) is 5.02 Å². The van der Waals surface area contributed by atoms with E-state index in [2.05, 4.69) is 4.99 Å². The van der Waals surface area contributed by atoms with Gasteiger partial charge in [0.2, 0.25) is 12.1 Å². The first kappa shape index (κ1) is 11.5. The quantitative estimate of drug-likeness (QED) is 0.449. The van der Waals surface area contributed by atoms with Crippen molar-refractivity contribution in [3.05, 3.63) is 34.9 Å². The van der Waals surface area contributed by atoms with Crippen LogP contribution in [0.4, 0.5) is 0 Å². The number of hydrogen-bond acceptors (Lipinski definition) is 3. The molecule has 0 amide bonds. The minimum Gasteiger partial charge on any atom is -0.480 e. The maximum atomic E-state index is 8.46. The molecule has 15 heavy (non-hydrogen) atoms. The molecule has 1 rings (SSSR count). The van der Waals surface area contributed by atoms with Crippen molar-refractivity contribution < 1.29 is 4.74 Å². The fourth-order valence-corrected chi connectivity index (χ4v) is 1.35. The molecule has 0 aromatic heterocycles. The molecule has 0 fully saturated rings. The molecule has 0 N–H and O–H groups in total. The molecule has 3 nitrogen and oxygen atoms in total. The summed E-state index contributed by atoms with van der Waals surface area (Å²) in [6, 6.07) is 7.42. The zero-order chi connectivity index (χ0) is 11.1. The van der Waals surface area contributed by atoms with E-state index in [0.717, 1.165) is 5.56 Å². The molecule has 0 spiro atoms. The van der Waals surface area contributed by atoms with Gasteiger partial charge in [0.25, 0.3) is 0 Å². The summed E-state index contributed by atoms with van der Waals surface area (Å²) < 4.78 is 5.21. The van der Waals surface area contributed by atoms with Gasteiger partial charge in [-0.2, -0.15) is 5.26 Å². The number of ether oxygens (including phenoxy) is 1. The van der Waals surface area contributed by atoms with Gasteiger partial charge in [0.1, 0.15) is 0 Å². The summed E-state index contributed by atoms with van der Waals surface area (Å²) >= 11 is 5.98. The molecule has 0 saturated heterocycles. The molecule has 78 valence electrons. The van der Waals surface area contributed by atoms with Gasteiger partial charge in [-0.15, -0.1) is 4.99 Å². The van der Waals surface area contributed by atoms with Gasteiger partial charge >= 0.3 is 0 Å². The predicted octanol–water partition coefficient (Wildman–Crippen LogP) is 2.80. The molecule has 0 bridgehead atoms. The van der Waals surface area contributed by atoms with Crippen LogP contribution >= 0.6 is 11.6 Å². The summed E-state index contributed by atoms with van der Waals surface area (Å²) in [5, 5.41) is 9.12. The Morgan fingerprint density at radius 1 is 1.53 bits per heavy atom. The number of nitriles is 1. The third-order valence-electron chi connectivity index (χ3n) is 1.79. The highest BCUT2D eigenvalue weighted by Gasteiger charge is 2.05. The predicted molar refractivity (Wildman–Crippen MR) is 59.8 cm³/mol. The van der Waals surface area contributed by atoms with Crippen LogP contribution in [0.15, 0.2) is 29.3 Å². The van der Waals surface area contributed by atoms with Gasteiger partial charge in [-0.1, -0.05) is 29.8 Å². The van der Waals surface area contributed by atoms with Gasteiger partial charge < -0.3 is 4.74 Å². The monoisotopic (exact) mass is 222 g/mol. The minimum absolute atomic E-state index is 0.396. The molecular weight excluding hydrogens is 212 g/mol. The Labute approximate surface area is 94.0 Å². The highest BCUT2D eigenvalue weighted by Crippen LogP contribution is 2.16. The Morgan fingerprint density at radius 3 is 2.87 bits per heavy atom. The molecule has 1 aromatic rings. The SMILES string of the molecule is CCOC(Cc1ccccc1Cl)=NC#N. The van der Waals surface area contributed by atoms with Crippen LogP contribution in [0, 0.1) is 11.5 Å². The van der Waals surface area contributed by atoms with E-state index in [0.29, 0.717) is 23.9 Å². The lowest BCUT2D eigenvalue weighted by molar-refractivity contribution is 0.320. The molecule has 4 heteroatoms. The van der Waals surface area contributed by atoms with E-state index in [1.165, 1.54) is 0 Å². The van der Waals surface area contributed by atoms with Crippen molar-refractivity contribution in [3.8, 4) is 6.19 Å². The number of benzene rings is 1. The third kappa shape index (κ3) is 3.61. The maximum Gasteiger partial charge on any atom is 0.208 e. The molecule has 0 aliphatic heterocycles. The van der Waals surface area contributed by atoms with Gasteiger partial charge in [-0.05, 0) is 18.6 Å². The smallest absolute Gasteiger partial charge is 0.208 e. The molecule has 0 aliphatic rings. The van der Waals surface area contributed by atoms with Crippen LogP contribution in [0.5, 0.6) is 0 Å². The first-order valence-electron chi connectivity index (χ1n) is 4.59. The second-order valence-electron chi connectivity index (χ2n) is 2.81. The summed E-state index contributed by atoms with van der Waals surface area (Å²) in [6.07, 6.45) is 2.16. The maximum absolute atomic E-state index is 8.46. The standard InChI is InChI=1S/C11H11ClN2O/c1-2-15-11(14-8-13)7-9-5-3-4-6-10(9)12/h3-6H,2,7H2,1H3. The van der Waals surface area contributed by atoms with Crippen LogP contribution in [-0.2, 0) is 11.2 Å². The van der Waals surface area contributed by atoms with E-state index in [1.54, 1.807) is 12.3 Å². The Hall–Kier alpha value is -1.53. The molecule has 0 unspecified atom stereocenters. The Morgan fingerprint density at radius 2 is 2.27 bits per heavy atom. The van der Waals surface area contributed by atoms with Gasteiger partial charge in [-0.25, -0.2) is 0 Å². The van der Waals surface area contributed by atoms with Crippen LogP contribution in [0.25, 0.3) is 0 Å². The van der Waals surface area contributed by atoms with Crippen molar-refractivity contribution in [2.75, 3.05) is 6.61 Å². The van der Waals surface area contributed by atoms with Gasteiger partial charge in [0.05, 0.1) is 13.0 Å². The number of hydrogen-bond donors (Lipinski definition) is 0. The highest BCUT2D eigenvalue weighted by atomic mass is 35.5. The van der Waals surface area contributed by atoms with E-state index in [1.807, 2.05) is 25.1 Å². The van der Waals surface area contributed by atoms with E-state index in [9.17, 15) is 0 Å². The first-order chi connectivity index (χ1) is 7.27. The fourth-order valence-electron chi connectivity index (χ4n) is 1.15. The normalized spacial score (nSPS) is 10.9. The number of nitrogens with zero attached hydrogens (tertiary/aromatic N) is 2. The van der Waals surface area contributed by atoms with Crippen LogP contribution in [-0.4, -0.2) is 12.5 Å². The van der Waals surface area contributed by atoms with Gasteiger partial charge in [0.15, 0.2) is 0 Å². The fraction of sp³-hybridized carbons (Fsp3) is 0.273. The molecule has 0 heterocycles. The molecule has 0 atom stereocenters. The molecule has 1 aromatic carbocycles.